The molecule has 3 aromatic rings. The molecule has 1 heterocycles. The Hall–Kier alpha value is -1.80. The number of fused-ring (bicyclic) bond motifs is 1. The summed E-state index contributed by atoms with van der Waals surface area (Å²) in [4.78, 5) is 4.46. The van der Waals surface area contributed by atoms with Gasteiger partial charge in [0.05, 0.1) is 10.6 Å². The zero-order valence-electron chi connectivity index (χ0n) is 10.2. The van der Waals surface area contributed by atoms with Crippen LogP contribution in [0.15, 0.2) is 40.8 Å². The lowest BCUT2D eigenvalue weighted by molar-refractivity contribution is 0.619. The molecule has 0 N–H and O–H groups in total. The van der Waals surface area contributed by atoms with Crippen LogP contribution in [0.25, 0.3) is 22.6 Å². The first-order valence-electron chi connectivity index (χ1n) is 5.77. The van der Waals surface area contributed by atoms with Gasteiger partial charge in [0.1, 0.15) is 5.52 Å². The number of halogens is 1. The summed E-state index contributed by atoms with van der Waals surface area (Å²) < 4.78 is 5.76. The summed E-state index contributed by atoms with van der Waals surface area (Å²) in [6, 6.07) is 11.8. The van der Waals surface area contributed by atoms with Crippen molar-refractivity contribution in [3.8, 4) is 11.5 Å². The van der Waals surface area contributed by atoms with E-state index in [1.807, 2.05) is 50.2 Å². The van der Waals surface area contributed by atoms with Gasteiger partial charge in [0.15, 0.2) is 5.58 Å². The summed E-state index contributed by atoms with van der Waals surface area (Å²) in [6.07, 6.45) is 0. The minimum atomic E-state index is 0.570. The number of aryl methyl sites for hydroxylation is 2. The second-order valence-corrected chi connectivity index (χ2v) is 4.88. The van der Waals surface area contributed by atoms with Gasteiger partial charge in [-0.15, -0.1) is 0 Å². The van der Waals surface area contributed by atoms with Gasteiger partial charge < -0.3 is 4.42 Å². The van der Waals surface area contributed by atoms with Gasteiger partial charge in [0.2, 0.25) is 5.89 Å². The molecule has 90 valence electrons. The van der Waals surface area contributed by atoms with Crippen LogP contribution in [0.2, 0.25) is 5.02 Å². The van der Waals surface area contributed by atoms with E-state index in [-0.39, 0.29) is 0 Å². The summed E-state index contributed by atoms with van der Waals surface area (Å²) in [5.74, 6) is 0.570. The van der Waals surface area contributed by atoms with E-state index in [1.165, 1.54) is 0 Å². The number of benzene rings is 2. The molecule has 0 amide bonds. The Bertz CT molecular complexity index is 730. The maximum absolute atomic E-state index is 6.22. The smallest absolute Gasteiger partial charge is 0.228 e. The second-order valence-electron chi connectivity index (χ2n) is 4.47. The van der Waals surface area contributed by atoms with Gasteiger partial charge >= 0.3 is 0 Å². The molecule has 0 aliphatic carbocycles. The Kier molecular flexibility index (Phi) is 2.60. The van der Waals surface area contributed by atoms with Crippen LogP contribution in [0, 0.1) is 13.8 Å². The van der Waals surface area contributed by atoms with Gasteiger partial charge in [0.25, 0.3) is 0 Å². The van der Waals surface area contributed by atoms with Crippen LogP contribution >= 0.6 is 11.6 Å². The van der Waals surface area contributed by atoms with Crippen molar-refractivity contribution in [1.82, 2.24) is 4.98 Å². The van der Waals surface area contributed by atoms with E-state index < -0.39 is 0 Å². The minimum absolute atomic E-state index is 0.570. The molecule has 0 fully saturated rings. The third kappa shape index (κ3) is 1.89. The van der Waals surface area contributed by atoms with Crippen molar-refractivity contribution in [2.24, 2.45) is 0 Å². The van der Waals surface area contributed by atoms with Gasteiger partial charge in [-0.3, -0.25) is 0 Å². The highest BCUT2D eigenvalue weighted by molar-refractivity contribution is 6.33. The Morgan fingerprint density at radius 2 is 1.72 bits per heavy atom. The molecule has 3 heteroatoms. The van der Waals surface area contributed by atoms with Crippen LogP contribution in [0.5, 0.6) is 0 Å². The van der Waals surface area contributed by atoms with E-state index in [2.05, 4.69) is 4.98 Å². The molecular formula is C15H12ClNO. The fourth-order valence-electron chi connectivity index (χ4n) is 1.94. The van der Waals surface area contributed by atoms with Gasteiger partial charge in [0, 0.05) is 0 Å². The van der Waals surface area contributed by atoms with Crippen molar-refractivity contribution in [1.29, 1.82) is 0 Å². The van der Waals surface area contributed by atoms with Crippen molar-refractivity contribution in [3.05, 3.63) is 52.5 Å². The topological polar surface area (TPSA) is 26.0 Å². The Balaban J connectivity index is 2.19. The average Bonchev–Trinajstić information content (AvgIpc) is 2.71. The van der Waals surface area contributed by atoms with Crippen molar-refractivity contribution in [2.75, 3.05) is 0 Å². The van der Waals surface area contributed by atoms with Gasteiger partial charge in [-0.1, -0.05) is 23.7 Å². The molecule has 0 bridgehead atoms. The van der Waals surface area contributed by atoms with E-state index >= 15 is 0 Å². The summed E-state index contributed by atoms with van der Waals surface area (Å²) in [6.45, 7) is 4.03. The van der Waals surface area contributed by atoms with Crippen molar-refractivity contribution in [3.63, 3.8) is 0 Å². The number of hydrogen-bond donors (Lipinski definition) is 0. The molecular weight excluding hydrogens is 246 g/mol. The summed E-state index contributed by atoms with van der Waals surface area (Å²) in [7, 11) is 0. The average molecular weight is 258 g/mol. The lowest BCUT2D eigenvalue weighted by Gasteiger charge is -2.00. The maximum Gasteiger partial charge on any atom is 0.228 e. The standard InChI is InChI=1S/C15H12ClNO/c1-9-3-5-11(12(16)7-9)15-17-13-6-4-10(2)8-14(13)18-15/h3-8H,1-2H3. The number of rotatable bonds is 1. The molecule has 0 aliphatic heterocycles. The summed E-state index contributed by atoms with van der Waals surface area (Å²) in [5.41, 5.74) is 4.75. The normalized spacial score (nSPS) is 11.1. The number of nitrogens with zero attached hydrogens (tertiary/aromatic N) is 1. The molecule has 18 heavy (non-hydrogen) atoms. The molecule has 0 saturated heterocycles. The minimum Gasteiger partial charge on any atom is -0.436 e. The monoisotopic (exact) mass is 257 g/mol. The molecule has 2 aromatic carbocycles. The van der Waals surface area contributed by atoms with Crippen LogP contribution in [0.3, 0.4) is 0 Å². The highest BCUT2D eigenvalue weighted by atomic mass is 35.5. The van der Waals surface area contributed by atoms with E-state index in [4.69, 9.17) is 16.0 Å². The largest absolute Gasteiger partial charge is 0.436 e. The molecule has 2 nitrogen and oxygen atoms in total. The van der Waals surface area contributed by atoms with Crippen LogP contribution in [0.1, 0.15) is 11.1 Å². The molecule has 0 radical (unpaired) electrons. The van der Waals surface area contributed by atoms with Gasteiger partial charge in [-0.25, -0.2) is 4.98 Å². The molecule has 1 aromatic heterocycles. The molecule has 0 unspecified atom stereocenters. The van der Waals surface area contributed by atoms with Gasteiger partial charge in [-0.05, 0) is 49.2 Å². The fourth-order valence-corrected chi connectivity index (χ4v) is 2.26. The summed E-state index contributed by atoms with van der Waals surface area (Å²) in [5, 5.41) is 0.665. The predicted molar refractivity (Wildman–Crippen MR) is 73.9 cm³/mol. The zero-order valence-corrected chi connectivity index (χ0v) is 11.0. The molecule has 0 spiro atoms. The molecule has 0 atom stereocenters. The third-order valence-electron chi connectivity index (χ3n) is 2.90. The molecule has 0 saturated carbocycles. The van der Waals surface area contributed by atoms with Gasteiger partial charge in [-0.2, -0.15) is 0 Å². The van der Waals surface area contributed by atoms with Crippen LogP contribution in [0.4, 0.5) is 0 Å². The Morgan fingerprint density at radius 3 is 2.50 bits per heavy atom. The fraction of sp³-hybridized carbons (Fsp3) is 0.133. The number of hydrogen-bond acceptors (Lipinski definition) is 2. The summed E-state index contributed by atoms with van der Waals surface area (Å²) >= 11 is 6.22. The highest BCUT2D eigenvalue weighted by Gasteiger charge is 2.11. The maximum atomic E-state index is 6.22. The Labute approximate surface area is 110 Å². The lowest BCUT2D eigenvalue weighted by atomic mass is 10.1. The quantitative estimate of drug-likeness (QED) is 0.628. The van der Waals surface area contributed by atoms with Crippen LogP contribution < -0.4 is 0 Å². The number of oxazole rings is 1. The predicted octanol–water partition coefficient (Wildman–Crippen LogP) is 4.77. The SMILES string of the molecule is Cc1ccc(-c2nc3ccc(C)cc3o2)c(Cl)c1. The van der Waals surface area contributed by atoms with Crippen LogP contribution in [-0.2, 0) is 0 Å². The lowest BCUT2D eigenvalue weighted by Crippen LogP contribution is -1.80. The van der Waals surface area contributed by atoms with Crippen LogP contribution in [-0.4, -0.2) is 4.98 Å². The number of aromatic nitrogens is 1. The highest BCUT2D eigenvalue weighted by Crippen LogP contribution is 2.30. The molecule has 0 aliphatic rings. The van der Waals surface area contributed by atoms with Crippen molar-refractivity contribution in [2.45, 2.75) is 13.8 Å². The van der Waals surface area contributed by atoms with E-state index in [0.29, 0.717) is 10.9 Å². The van der Waals surface area contributed by atoms with Crippen molar-refractivity contribution >= 4 is 22.7 Å². The van der Waals surface area contributed by atoms with E-state index in [0.717, 1.165) is 27.8 Å². The zero-order chi connectivity index (χ0) is 12.7. The first kappa shape index (κ1) is 11.3. The first-order valence-corrected chi connectivity index (χ1v) is 6.15. The van der Waals surface area contributed by atoms with E-state index in [9.17, 15) is 0 Å². The third-order valence-corrected chi connectivity index (χ3v) is 3.21. The van der Waals surface area contributed by atoms with Crippen molar-refractivity contribution < 1.29 is 4.42 Å². The molecule has 3 rings (SSSR count). The second kappa shape index (κ2) is 4.14. The first-order chi connectivity index (χ1) is 8.63. The Morgan fingerprint density at radius 1 is 1.00 bits per heavy atom. The van der Waals surface area contributed by atoms with E-state index in [1.54, 1.807) is 0 Å².